The third kappa shape index (κ3) is 2.95. The van der Waals surface area contributed by atoms with Gasteiger partial charge in [-0.25, -0.2) is 4.98 Å². The first kappa shape index (κ1) is 13.8. The van der Waals surface area contributed by atoms with Gasteiger partial charge in [-0.1, -0.05) is 0 Å². The quantitative estimate of drug-likeness (QED) is 0.904. The highest BCUT2D eigenvalue weighted by molar-refractivity contribution is 5.67. The molecule has 1 aliphatic heterocycles. The summed E-state index contributed by atoms with van der Waals surface area (Å²) in [5.41, 5.74) is 2.36. The largest absolute Gasteiger partial charge is 0.481 e. The second kappa shape index (κ2) is 5.29. The summed E-state index contributed by atoms with van der Waals surface area (Å²) in [6.45, 7) is 4.06. The van der Waals surface area contributed by atoms with Crippen molar-refractivity contribution in [2.45, 2.75) is 19.9 Å². The average molecular weight is 287 g/mol. The van der Waals surface area contributed by atoms with Crippen LogP contribution in [0.3, 0.4) is 0 Å². The number of pyridine rings is 1. The van der Waals surface area contributed by atoms with Crippen molar-refractivity contribution in [1.82, 2.24) is 14.3 Å². The molecule has 3 heterocycles. The smallest absolute Gasteiger partial charge is 0.303 e. The van der Waals surface area contributed by atoms with E-state index < -0.39 is 5.97 Å². The van der Waals surface area contributed by atoms with E-state index in [0.717, 1.165) is 24.3 Å². The summed E-state index contributed by atoms with van der Waals surface area (Å²) in [5.74, 6) is -0.538. The summed E-state index contributed by atoms with van der Waals surface area (Å²) in [6.07, 6.45) is 1.94. The van der Waals surface area contributed by atoms with Crippen LogP contribution in [0.2, 0.25) is 0 Å². The minimum Gasteiger partial charge on any atom is -0.481 e. The third-order valence-corrected chi connectivity index (χ3v) is 3.76. The molecule has 0 radical (unpaired) electrons. The molecule has 3 rings (SSSR count). The molecule has 1 fully saturated rings. The zero-order valence-electron chi connectivity index (χ0n) is 11.8. The summed E-state index contributed by atoms with van der Waals surface area (Å²) < 4.78 is 1.53. The van der Waals surface area contributed by atoms with Crippen LogP contribution in [0.25, 0.3) is 5.65 Å². The Morgan fingerprint density at radius 1 is 1.43 bits per heavy atom. The number of hydrogen-bond acceptors (Lipinski definition) is 4. The van der Waals surface area contributed by atoms with Crippen molar-refractivity contribution in [2.75, 3.05) is 13.1 Å². The Kier molecular flexibility index (Phi) is 3.47. The van der Waals surface area contributed by atoms with E-state index in [1.807, 2.05) is 19.1 Å². The fraction of sp³-hybridized carbons (Fsp3) is 0.400. The number of aliphatic carboxylic acids is 1. The topological polar surface area (TPSA) is 74.9 Å². The molecule has 6 heteroatoms. The molecular weight excluding hydrogens is 270 g/mol. The molecular formula is C15H17N3O3. The first-order chi connectivity index (χ1) is 10.0. The first-order valence-corrected chi connectivity index (χ1v) is 6.94. The maximum atomic E-state index is 12.0. The molecule has 0 atom stereocenters. The Morgan fingerprint density at radius 2 is 2.19 bits per heavy atom. The lowest BCUT2D eigenvalue weighted by Crippen LogP contribution is -2.46. The van der Waals surface area contributed by atoms with E-state index in [0.29, 0.717) is 12.2 Å². The minimum absolute atomic E-state index is 0.0855. The van der Waals surface area contributed by atoms with Crippen molar-refractivity contribution in [2.24, 2.45) is 5.92 Å². The Balaban J connectivity index is 1.74. The molecule has 1 N–H and O–H groups in total. The number of nitrogens with zero attached hydrogens (tertiary/aromatic N) is 3. The van der Waals surface area contributed by atoms with Crippen LogP contribution in [0.1, 0.15) is 17.7 Å². The summed E-state index contributed by atoms with van der Waals surface area (Å²) in [6, 6.07) is 5.31. The normalized spacial score (nSPS) is 16.0. The predicted molar refractivity (Wildman–Crippen MR) is 77.2 cm³/mol. The van der Waals surface area contributed by atoms with Gasteiger partial charge in [-0.3, -0.25) is 18.9 Å². The maximum absolute atomic E-state index is 12.0. The highest BCUT2D eigenvalue weighted by Crippen LogP contribution is 2.20. The van der Waals surface area contributed by atoms with Crippen molar-refractivity contribution in [3.8, 4) is 0 Å². The van der Waals surface area contributed by atoms with Crippen LogP contribution in [-0.4, -0.2) is 38.4 Å². The Bertz CT molecular complexity index is 747. The Labute approximate surface area is 121 Å². The Hall–Kier alpha value is -2.21. The van der Waals surface area contributed by atoms with Crippen LogP contribution in [0.4, 0.5) is 0 Å². The fourth-order valence-electron chi connectivity index (χ4n) is 2.75. The molecule has 2 aromatic rings. The average Bonchev–Trinajstić information content (AvgIpc) is 2.35. The summed E-state index contributed by atoms with van der Waals surface area (Å²) >= 11 is 0. The lowest BCUT2D eigenvalue weighted by molar-refractivity contribution is -0.139. The van der Waals surface area contributed by atoms with E-state index in [-0.39, 0.29) is 17.9 Å². The standard InChI is InChI=1S/C15H17N3O3/c1-10-2-3-18-13(4-10)16-12(6-14(18)19)9-17-7-11(8-17)5-15(20)21/h2-4,6,11H,5,7-9H2,1H3,(H,20,21). The lowest BCUT2D eigenvalue weighted by atomic mass is 9.96. The summed E-state index contributed by atoms with van der Waals surface area (Å²) in [7, 11) is 0. The SMILES string of the molecule is Cc1ccn2c(=O)cc(CN3CC(CC(=O)O)C3)nc2c1. The second-order valence-corrected chi connectivity index (χ2v) is 5.68. The minimum atomic E-state index is -0.753. The number of carbonyl (C=O) groups is 1. The van der Waals surface area contributed by atoms with Gasteiger partial charge in [0.2, 0.25) is 0 Å². The molecule has 0 aromatic carbocycles. The maximum Gasteiger partial charge on any atom is 0.303 e. The highest BCUT2D eigenvalue weighted by atomic mass is 16.4. The fourth-order valence-corrected chi connectivity index (χ4v) is 2.75. The monoisotopic (exact) mass is 287 g/mol. The van der Waals surface area contributed by atoms with Gasteiger partial charge in [0.25, 0.3) is 5.56 Å². The van der Waals surface area contributed by atoms with Crippen LogP contribution >= 0.6 is 0 Å². The zero-order chi connectivity index (χ0) is 15.0. The van der Waals surface area contributed by atoms with E-state index in [2.05, 4.69) is 9.88 Å². The molecule has 0 amide bonds. The molecule has 1 saturated heterocycles. The van der Waals surface area contributed by atoms with Crippen LogP contribution in [0.15, 0.2) is 29.2 Å². The van der Waals surface area contributed by atoms with Crippen molar-refractivity contribution in [3.63, 3.8) is 0 Å². The van der Waals surface area contributed by atoms with E-state index in [1.165, 1.54) is 4.40 Å². The van der Waals surface area contributed by atoms with Crippen molar-refractivity contribution in [1.29, 1.82) is 0 Å². The molecule has 1 aliphatic rings. The molecule has 0 unspecified atom stereocenters. The number of aryl methyl sites for hydroxylation is 1. The van der Waals surface area contributed by atoms with E-state index in [9.17, 15) is 9.59 Å². The van der Waals surface area contributed by atoms with Gasteiger partial charge in [0.05, 0.1) is 12.1 Å². The van der Waals surface area contributed by atoms with Crippen molar-refractivity contribution >= 4 is 11.6 Å². The molecule has 6 nitrogen and oxygen atoms in total. The number of fused-ring (bicyclic) bond motifs is 1. The first-order valence-electron chi connectivity index (χ1n) is 6.94. The van der Waals surface area contributed by atoms with Crippen molar-refractivity contribution in [3.05, 3.63) is 46.0 Å². The number of carboxylic acids is 1. The van der Waals surface area contributed by atoms with E-state index in [4.69, 9.17) is 5.11 Å². The Morgan fingerprint density at radius 3 is 2.90 bits per heavy atom. The zero-order valence-corrected chi connectivity index (χ0v) is 11.8. The second-order valence-electron chi connectivity index (χ2n) is 5.68. The molecule has 110 valence electrons. The van der Waals surface area contributed by atoms with Gasteiger partial charge in [0, 0.05) is 31.9 Å². The number of aromatic nitrogens is 2. The van der Waals surface area contributed by atoms with Gasteiger partial charge >= 0.3 is 5.97 Å². The van der Waals surface area contributed by atoms with Crippen LogP contribution < -0.4 is 5.56 Å². The number of hydrogen-bond donors (Lipinski definition) is 1. The lowest BCUT2D eigenvalue weighted by Gasteiger charge is -2.38. The van der Waals surface area contributed by atoms with Gasteiger partial charge < -0.3 is 5.11 Å². The summed E-state index contributed by atoms with van der Waals surface area (Å²) in [5, 5.41) is 8.73. The molecule has 0 saturated carbocycles. The van der Waals surface area contributed by atoms with Crippen LogP contribution in [-0.2, 0) is 11.3 Å². The number of likely N-dealkylation sites (tertiary alicyclic amines) is 1. The van der Waals surface area contributed by atoms with Crippen LogP contribution in [0, 0.1) is 12.8 Å². The highest BCUT2D eigenvalue weighted by Gasteiger charge is 2.28. The third-order valence-electron chi connectivity index (χ3n) is 3.76. The van der Waals surface area contributed by atoms with Gasteiger partial charge in [0.1, 0.15) is 5.65 Å². The molecule has 0 bridgehead atoms. The molecule has 21 heavy (non-hydrogen) atoms. The summed E-state index contributed by atoms with van der Waals surface area (Å²) in [4.78, 5) is 29.3. The van der Waals surface area contributed by atoms with Gasteiger partial charge in [0.15, 0.2) is 0 Å². The van der Waals surface area contributed by atoms with E-state index >= 15 is 0 Å². The van der Waals surface area contributed by atoms with Gasteiger partial charge in [-0.15, -0.1) is 0 Å². The molecule has 0 aliphatic carbocycles. The van der Waals surface area contributed by atoms with E-state index in [1.54, 1.807) is 12.3 Å². The molecule has 0 spiro atoms. The molecule has 2 aromatic heterocycles. The number of carboxylic acid groups (broad SMARTS) is 1. The van der Waals surface area contributed by atoms with Gasteiger partial charge in [-0.2, -0.15) is 0 Å². The number of rotatable bonds is 4. The van der Waals surface area contributed by atoms with Crippen molar-refractivity contribution < 1.29 is 9.90 Å². The van der Waals surface area contributed by atoms with Gasteiger partial charge in [-0.05, 0) is 30.5 Å². The predicted octanol–water partition coefficient (Wildman–Crippen LogP) is 0.909. The van der Waals surface area contributed by atoms with Crippen LogP contribution in [0.5, 0.6) is 0 Å².